The smallest absolute Gasteiger partial charge is 0.274 e. The lowest BCUT2D eigenvalue weighted by Crippen LogP contribution is -2.49. The molecule has 0 aliphatic carbocycles. The second kappa shape index (κ2) is 6.21. The van der Waals surface area contributed by atoms with Crippen LogP contribution in [0.25, 0.3) is 0 Å². The van der Waals surface area contributed by atoms with Gasteiger partial charge in [0.2, 0.25) is 0 Å². The molecule has 0 spiro atoms. The summed E-state index contributed by atoms with van der Waals surface area (Å²) in [5.74, 6) is -2.99. The predicted octanol–water partition coefficient (Wildman–Crippen LogP) is 0.0780. The summed E-state index contributed by atoms with van der Waals surface area (Å²) in [5.41, 5.74) is -1.40. The maximum atomic E-state index is 13.2. The number of carbonyl (C=O) groups excluding carboxylic acids is 1. The standard InChI is InChI=1S/C15H20F2N4O3/c16-15(17)4-6-20(7-5-15)9-14(24)3-8-21(10-14)13(23)11-1-2-12(22)19-18-11/h1-2,24H,3-10H2,(H,19,22). The van der Waals surface area contributed by atoms with Gasteiger partial charge in [-0.3, -0.25) is 14.5 Å². The molecule has 3 rings (SSSR count). The van der Waals surface area contributed by atoms with Crippen LogP contribution < -0.4 is 5.56 Å². The Labute approximate surface area is 137 Å². The molecule has 9 heteroatoms. The van der Waals surface area contributed by atoms with Gasteiger partial charge in [0.25, 0.3) is 17.4 Å². The fourth-order valence-electron chi connectivity index (χ4n) is 3.24. The van der Waals surface area contributed by atoms with Crippen LogP contribution in [0.15, 0.2) is 16.9 Å². The molecule has 7 nitrogen and oxygen atoms in total. The highest BCUT2D eigenvalue weighted by Crippen LogP contribution is 2.30. The van der Waals surface area contributed by atoms with Crippen molar-refractivity contribution in [1.29, 1.82) is 0 Å². The molecule has 2 fully saturated rings. The minimum atomic E-state index is -2.62. The highest BCUT2D eigenvalue weighted by Gasteiger charge is 2.42. The summed E-state index contributed by atoms with van der Waals surface area (Å²) in [6.45, 7) is 1.24. The molecule has 1 atom stereocenters. The molecule has 0 radical (unpaired) electrons. The van der Waals surface area contributed by atoms with Gasteiger partial charge in [-0.2, -0.15) is 5.10 Å². The molecule has 2 N–H and O–H groups in total. The Morgan fingerprint density at radius 2 is 1.96 bits per heavy atom. The maximum Gasteiger partial charge on any atom is 0.274 e. The van der Waals surface area contributed by atoms with E-state index in [2.05, 4.69) is 10.2 Å². The number of hydrogen-bond donors (Lipinski definition) is 2. The molecule has 0 saturated carbocycles. The Morgan fingerprint density at radius 3 is 2.58 bits per heavy atom. The average Bonchev–Trinajstić information content (AvgIpc) is 2.92. The zero-order valence-corrected chi connectivity index (χ0v) is 13.2. The number of amides is 1. The van der Waals surface area contributed by atoms with Gasteiger partial charge >= 0.3 is 0 Å². The third kappa shape index (κ3) is 3.78. The summed E-state index contributed by atoms with van der Waals surface area (Å²) in [4.78, 5) is 26.6. The van der Waals surface area contributed by atoms with Gasteiger partial charge in [-0.05, 0) is 12.5 Å². The quantitative estimate of drug-likeness (QED) is 0.812. The molecule has 2 saturated heterocycles. The molecule has 2 aliphatic heterocycles. The number of aromatic amines is 1. The van der Waals surface area contributed by atoms with Gasteiger partial charge in [-0.15, -0.1) is 0 Å². The second-order valence-corrected chi connectivity index (χ2v) is 6.64. The van der Waals surface area contributed by atoms with Crippen molar-refractivity contribution in [3.05, 3.63) is 28.2 Å². The van der Waals surface area contributed by atoms with Crippen LogP contribution in [0.4, 0.5) is 8.78 Å². The Kier molecular flexibility index (Phi) is 4.39. The van der Waals surface area contributed by atoms with Gasteiger partial charge in [0, 0.05) is 45.1 Å². The molecule has 24 heavy (non-hydrogen) atoms. The van der Waals surface area contributed by atoms with Crippen molar-refractivity contribution < 1.29 is 18.7 Å². The normalized spacial score (nSPS) is 27.4. The first kappa shape index (κ1) is 17.0. The van der Waals surface area contributed by atoms with Gasteiger partial charge in [0.05, 0.1) is 12.1 Å². The molecule has 2 aliphatic rings. The summed E-state index contributed by atoms with van der Waals surface area (Å²) in [7, 11) is 0. The van der Waals surface area contributed by atoms with E-state index in [1.807, 2.05) is 4.90 Å². The van der Waals surface area contributed by atoms with Crippen molar-refractivity contribution in [1.82, 2.24) is 20.0 Å². The lowest BCUT2D eigenvalue weighted by Gasteiger charge is -2.36. The summed E-state index contributed by atoms with van der Waals surface area (Å²) < 4.78 is 26.4. The molecular formula is C15H20F2N4O3. The number of rotatable bonds is 3. The van der Waals surface area contributed by atoms with Crippen molar-refractivity contribution in [2.75, 3.05) is 32.7 Å². The number of likely N-dealkylation sites (tertiary alicyclic amines) is 2. The van der Waals surface area contributed by atoms with Crippen LogP contribution in [0.3, 0.4) is 0 Å². The summed E-state index contributed by atoms with van der Waals surface area (Å²) in [5, 5.41) is 16.6. The molecule has 0 aromatic carbocycles. The molecule has 1 aromatic rings. The van der Waals surface area contributed by atoms with Gasteiger partial charge in [-0.25, -0.2) is 13.9 Å². The Morgan fingerprint density at radius 1 is 1.25 bits per heavy atom. The van der Waals surface area contributed by atoms with Gasteiger partial charge in [0.15, 0.2) is 0 Å². The van der Waals surface area contributed by atoms with Crippen molar-refractivity contribution in [3.63, 3.8) is 0 Å². The van der Waals surface area contributed by atoms with Crippen LogP contribution in [0.5, 0.6) is 0 Å². The zero-order valence-electron chi connectivity index (χ0n) is 13.2. The van der Waals surface area contributed by atoms with Crippen LogP contribution in [-0.2, 0) is 0 Å². The van der Waals surface area contributed by atoms with E-state index < -0.39 is 17.1 Å². The van der Waals surface area contributed by atoms with E-state index in [1.54, 1.807) is 0 Å². The molecular weight excluding hydrogens is 322 g/mol. The van der Waals surface area contributed by atoms with E-state index >= 15 is 0 Å². The second-order valence-electron chi connectivity index (χ2n) is 6.64. The Hall–Kier alpha value is -1.87. The zero-order chi connectivity index (χ0) is 17.4. The molecule has 132 valence electrons. The van der Waals surface area contributed by atoms with E-state index in [0.717, 1.165) is 0 Å². The lowest BCUT2D eigenvalue weighted by atomic mass is 10.00. The molecule has 3 heterocycles. The topological polar surface area (TPSA) is 89.5 Å². The number of alkyl halides is 2. The van der Waals surface area contributed by atoms with Crippen molar-refractivity contribution in [3.8, 4) is 0 Å². The van der Waals surface area contributed by atoms with Crippen LogP contribution in [0.2, 0.25) is 0 Å². The van der Waals surface area contributed by atoms with Crippen molar-refractivity contribution >= 4 is 5.91 Å². The first-order valence-electron chi connectivity index (χ1n) is 7.94. The average molecular weight is 342 g/mol. The van der Waals surface area contributed by atoms with E-state index in [9.17, 15) is 23.5 Å². The van der Waals surface area contributed by atoms with E-state index in [0.29, 0.717) is 13.0 Å². The number of H-pyrrole nitrogens is 1. The molecule has 1 unspecified atom stereocenters. The fourth-order valence-corrected chi connectivity index (χ4v) is 3.24. The minimum Gasteiger partial charge on any atom is -0.387 e. The first-order valence-corrected chi connectivity index (χ1v) is 7.94. The summed E-state index contributed by atoms with van der Waals surface area (Å²) in [6.07, 6.45) is -0.0188. The third-order valence-corrected chi connectivity index (χ3v) is 4.62. The molecule has 1 aromatic heterocycles. The highest BCUT2D eigenvalue weighted by atomic mass is 19.3. The van der Waals surface area contributed by atoms with Crippen molar-refractivity contribution in [2.24, 2.45) is 0 Å². The van der Waals surface area contributed by atoms with E-state index in [4.69, 9.17) is 0 Å². The number of nitrogens with zero attached hydrogens (tertiary/aromatic N) is 3. The van der Waals surface area contributed by atoms with Crippen molar-refractivity contribution in [2.45, 2.75) is 30.8 Å². The van der Waals surface area contributed by atoms with E-state index in [1.165, 1.54) is 17.0 Å². The largest absolute Gasteiger partial charge is 0.387 e. The van der Waals surface area contributed by atoms with Crippen LogP contribution in [0, 0.1) is 0 Å². The SMILES string of the molecule is O=C(c1ccc(=O)[nH]n1)N1CCC(O)(CN2CCC(F)(F)CC2)C1. The number of carbonyl (C=O) groups is 1. The Bertz CT molecular complexity index is 650. The van der Waals surface area contributed by atoms with Gasteiger partial charge < -0.3 is 10.0 Å². The first-order chi connectivity index (χ1) is 11.3. The maximum absolute atomic E-state index is 13.2. The minimum absolute atomic E-state index is 0.108. The Balaban J connectivity index is 1.58. The number of piperidine rings is 1. The van der Waals surface area contributed by atoms with Gasteiger partial charge in [-0.1, -0.05) is 0 Å². The van der Waals surface area contributed by atoms with E-state index in [-0.39, 0.29) is 50.6 Å². The molecule has 1 amide bonds. The number of aliphatic hydroxyl groups is 1. The predicted molar refractivity (Wildman–Crippen MR) is 80.9 cm³/mol. The monoisotopic (exact) mass is 342 g/mol. The van der Waals surface area contributed by atoms with Crippen LogP contribution in [-0.4, -0.2) is 75.3 Å². The lowest BCUT2D eigenvalue weighted by molar-refractivity contribution is -0.0720. The number of aromatic nitrogens is 2. The third-order valence-electron chi connectivity index (χ3n) is 4.62. The highest BCUT2D eigenvalue weighted by molar-refractivity contribution is 5.92. The summed E-state index contributed by atoms with van der Waals surface area (Å²) in [6, 6.07) is 2.56. The molecule has 0 bridgehead atoms. The number of halogens is 2. The number of hydrogen-bond acceptors (Lipinski definition) is 5. The van der Waals surface area contributed by atoms with Gasteiger partial charge in [0.1, 0.15) is 5.69 Å². The summed E-state index contributed by atoms with van der Waals surface area (Å²) >= 11 is 0. The van der Waals surface area contributed by atoms with Crippen LogP contribution >= 0.6 is 0 Å². The number of β-amino-alcohol motifs (C(OH)–C–C–N with tert-alkyl or cyclic N) is 1. The van der Waals surface area contributed by atoms with Crippen LogP contribution in [0.1, 0.15) is 29.8 Å². The number of nitrogens with one attached hydrogen (secondary N) is 1. The fraction of sp³-hybridized carbons (Fsp3) is 0.667.